The van der Waals surface area contributed by atoms with Gasteiger partial charge in [-0.1, -0.05) is 43.2 Å². The number of carbonyl (C=O) groups is 2. The Balaban J connectivity index is 1.76. The first-order chi connectivity index (χ1) is 11.1. The summed E-state index contributed by atoms with van der Waals surface area (Å²) in [7, 11) is 0. The molecule has 1 heterocycles. The van der Waals surface area contributed by atoms with E-state index in [2.05, 4.69) is 15.5 Å². The van der Waals surface area contributed by atoms with Gasteiger partial charge in [0.2, 0.25) is 0 Å². The van der Waals surface area contributed by atoms with Crippen LogP contribution in [0.2, 0.25) is 0 Å². The molecule has 0 radical (unpaired) electrons. The van der Waals surface area contributed by atoms with Crippen molar-refractivity contribution in [2.45, 2.75) is 37.6 Å². The highest BCUT2D eigenvalue weighted by Gasteiger charge is 2.37. The van der Waals surface area contributed by atoms with Gasteiger partial charge in [-0.25, -0.2) is 0 Å². The monoisotopic (exact) mass is 313 g/mol. The fraction of sp³-hybridized carbons (Fsp3) is 0.353. The zero-order valence-corrected chi connectivity index (χ0v) is 12.7. The van der Waals surface area contributed by atoms with E-state index in [4.69, 9.17) is 5.11 Å². The number of aromatic amines is 1. The number of rotatable bonds is 5. The number of H-pyrrole nitrogens is 1. The molecule has 1 aliphatic rings. The molecule has 1 saturated carbocycles. The first-order valence-electron chi connectivity index (χ1n) is 7.73. The van der Waals surface area contributed by atoms with Crippen molar-refractivity contribution in [3.8, 4) is 11.3 Å². The van der Waals surface area contributed by atoms with E-state index in [0.29, 0.717) is 24.2 Å². The van der Waals surface area contributed by atoms with E-state index in [0.717, 1.165) is 18.4 Å². The van der Waals surface area contributed by atoms with Gasteiger partial charge in [0.15, 0.2) is 0 Å². The van der Waals surface area contributed by atoms with Crippen LogP contribution in [0.1, 0.15) is 42.6 Å². The highest BCUT2D eigenvalue weighted by Crippen LogP contribution is 2.33. The van der Waals surface area contributed by atoms with Crippen molar-refractivity contribution < 1.29 is 14.7 Å². The molecule has 6 nitrogen and oxygen atoms in total. The molecule has 0 saturated heterocycles. The summed E-state index contributed by atoms with van der Waals surface area (Å²) in [6, 6.07) is 11.3. The van der Waals surface area contributed by atoms with Crippen molar-refractivity contribution in [3.05, 3.63) is 42.1 Å². The summed E-state index contributed by atoms with van der Waals surface area (Å²) in [5, 5.41) is 18.9. The van der Waals surface area contributed by atoms with Crippen LogP contribution in [0.4, 0.5) is 0 Å². The van der Waals surface area contributed by atoms with Crippen LogP contribution in [-0.4, -0.2) is 32.7 Å². The maximum Gasteiger partial charge on any atom is 0.305 e. The number of hydrogen-bond acceptors (Lipinski definition) is 3. The van der Waals surface area contributed by atoms with E-state index in [1.165, 1.54) is 0 Å². The Bertz CT molecular complexity index is 703. The Morgan fingerprint density at radius 2 is 1.91 bits per heavy atom. The highest BCUT2D eigenvalue weighted by molar-refractivity contribution is 5.94. The number of hydrogen-bond donors (Lipinski definition) is 3. The number of carbonyl (C=O) groups excluding carboxylic acids is 1. The molecule has 1 amide bonds. The number of carboxylic acid groups (broad SMARTS) is 1. The maximum absolute atomic E-state index is 12.5. The van der Waals surface area contributed by atoms with Crippen LogP contribution in [0.25, 0.3) is 11.3 Å². The Labute approximate surface area is 133 Å². The summed E-state index contributed by atoms with van der Waals surface area (Å²) >= 11 is 0. The van der Waals surface area contributed by atoms with Crippen molar-refractivity contribution >= 4 is 11.9 Å². The normalized spacial score (nSPS) is 16.2. The average Bonchev–Trinajstić information content (AvgIpc) is 3.17. The summed E-state index contributed by atoms with van der Waals surface area (Å²) in [5.74, 6) is -1.19. The third-order valence-electron chi connectivity index (χ3n) is 4.32. The minimum absolute atomic E-state index is 0.0432. The average molecular weight is 313 g/mol. The highest BCUT2D eigenvalue weighted by atomic mass is 16.4. The molecule has 23 heavy (non-hydrogen) atoms. The van der Waals surface area contributed by atoms with Crippen molar-refractivity contribution in [2.75, 3.05) is 0 Å². The molecule has 0 aliphatic heterocycles. The second-order valence-corrected chi connectivity index (χ2v) is 6.04. The summed E-state index contributed by atoms with van der Waals surface area (Å²) in [5.41, 5.74) is 1.32. The Morgan fingerprint density at radius 3 is 2.57 bits per heavy atom. The van der Waals surface area contributed by atoms with Crippen LogP contribution in [0.3, 0.4) is 0 Å². The van der Waals surface area contributed by atoms with Gasteiger partial charge in [0.05, 0.1) is 17.7 Å². The number of benzene rings is 1. The molecule has 1 aromatic heterocycles. The zero-order chi connectivity index (χ0) is 16.3. The third kappa shape index (κ3) is 3.41. The van der Waals surface area contributed by atoms with Crippen molar-refractivity contribution in [1.29, 1.82) is 0 Å². The Hall–Kier alpha value is -2.63. The van der Waals surface area contributed by atoms with E-state index in [1.54, 1.807) is 6.07 Å². The molecule has 1 aromatic carbocycles. The number of amides is 1. The molecular formula is C17H19N3O3. The largest absolute Gasteiger partial charge is 0.481 e. The van der Waals surface area contributed by atoms with E-state index in [1.807, 2.05) is 30.3 Å². The number of aromatic nitrogens is 2. The van der Waals surface area contributed by atoms with E-state index < -0.39 is 11.5 Å². The smallest absolute Gasteiger partial charge is 0.305 e. The Morgan fingerprint density at radius 1 is 1.22 bits per heavy atom. The molecule has 0 bridgehead atoms. The maximum atomic E-state index is 12.5. The Kier molecular flexibility index (Phi) is 4.14. The molecule has 0 spiro atoms. The number of nitrogens with one attached hydrogen (secondary N) is 2. The fourth-order valence-corrected chi connectivity index (χ4v) is 3.19. The molecule has 2 aromatic rings. The predicted molar refractivity (Wildman–Crippen MR) is 84.9 cm³/mol. The van der Waals surface area contributed by atoms with Gasteiger partial charge in [-0.15, -0.1) is 0 Å². The van der Waals surface area contributed by atoms with Gasteiger partial charge in [0, 0.05) is 5.56 Å². The van der Waals surface area contributed by atoms with Crippen LogP contribution in [0, 0.1) is 0 Å². The lowest BCUT2D eigenvalue weighted by Gasteiger charge is -2.28. The van der Waals surface area contributed by atoms with Crippen LogP contribution >= 0.6 is 0 Å². The minimum Gasteiger partial charge on any atom is -0.481 e. The first kappa shape index (κ1) is 15.3. The second-order valence-electron chi connectivity index (χ2n) is 6.04. The number of carboxylic acids is 1. The lowest BCUT2D eigenvalue weighted by Crippen LogP contribution is -2.47. The topological polar surface area (TPSA) is 95.1 Å². The van der Waals surface area contributed by atoms with Crippen LogP contribution in [0.5, 0.6) is 0 Å². The zero-order valence-electron chi connectivity index (χ0n) is 12.7. The summed E-state index contributed by atoms with van der Waals surface area (Å²) in [6.45, 7) is 0. The van der Waals surface area contributed by atoms with Gasteiger partial charge in [-0.05, 0) is 18.9 Å². The lowest BCUT2D eigenvalue weighted by molar-refractivity contribution is -0.138. The minimum atomic E-state index is -0.887. The van der Waals surface area contributed by atoms with E-state index >= 15 is 0 Å². The molecule has 6 heteroatoms. The molecule has 3 N–H and O–H groups in total. The first-order valence-corrected chi connectivity index (χ1v) is 7.73. The van der Waals surface area contributed by atoms with Crippen LogP contribution < -0.4 is 5.32 Å². The SMILES string of the molecule is O=C(O)CC1(NC(=O)c2cc(-c3ccccc3)n[nH]2)CCCC1. The lowest BCUT2D eigenvalue weighted by atomic mass is 9.93. The third-order valence-corrected chi connectivity index (χ3v) is 4.32. The quantitative estimate of drug-likeness (QED) is 0.790. The molecule has 0 unspecified atom stereocenters. The number of aliphatic carboxylic acids is 1. The van der Waals surface area contributed by atoms with Gasteiger partial charge < -0.3 is 10.4 Å². The molecule has 120 valence electrons. The molecular weight excluding hydrogens is 294 g/mol. The van der Waals surface area contributed by atoms with Gasteiger partial charge in [-0.3, -0.25) is 14.7 Å². The fourth-order valence-electron chi connectivity index (χ4n) is 3.19. The van der Waals surface area contributed by atoms with E-state index in [-0.39, 0.29) is 12.3 Å². The van der Waals surface area contributed by atoms with Crippen LogP contribution in [0.15, 0.2) is 36.4 Å². The molecule has 3 rings (SSSR count). The molecule has 1 aliphatic carbocycles. The molecule has 0 atom stereocenters. The van der Waals surface area contributed by atoms with Crippen molar-refractivity contribution in [3.63, 3.8) is 0 Å². The second kappa shape index (κ2) is 6.24. The summed E-state index contributed by atoms with van der Waals surface area (Å²) < 4.78 is 0. The van der Waals surface area contributed by atoms with E-state index in [9.17, 15) is 9.59 Å². The molecule has 1 fully saturated rings. The standard InChI is InChI=1S/C17H19N3O3/c21-15(22)11-17(8-4-5-9-17)18-16(23)14-10-13(19-20-14)12-6-2-1-3-7-12/h1-3,6-7,10H,4-5,8-9,11H2,(H,18,23)(H,19,20)(H,21,22). The summed E-state index contributed by atoms with van der Waals surface area (Å²) in [4.78, 5) is 23.6. The van der Waals surface area contributed by atoms with Crippen molar-refractivity contribution in [2.24, 2.45) is 0 Å². The summed E-state index contributed by atoms with van der Waals surface area (Å²) in [6.07, 6.45) is 3.23. The van der Waals surface area contributed by atoms with Gasteiger partial charge in [0.1, 0.15) is 5.69 Å². The predicted octanol–water partition coefficient (Wildman–Crippen LogP) is 2.59. The van der Waals surface area contributed by atoms with Crippen LogP contribution in [-0.2, 0) is 4.79 Å². The van der Waals surface area contributed by atoms with Gasteiger partial charge in [-0.2, -0.15) is 5.10 Å². The number of nitrogens with zero attached hydrogens (tertiary/aromatic N) is 1. The van der Waals surface area contributed by atoms with Gasteiger partial charge in [0.25, 0.3) is 5.91 Å². The van der Waals surface area contributed by atoms with Gasteiger partial charge >= 0.3 is 5.97 Å². The van der Waals surface area contributed by atoms with Crippen molar-refractivity contribution in [1.82, 2.24) is 15.5 Å².